The predicted molar refractivity (Wildman–Crippen MR) is 172 cm³/mol. The lowest BCUT2D eigenvalue weighted by atomic mass is 9.68. The molecule has 4 fully saturated rings. The number of hydrogen-bond acceptors (Lipinski definition) is 2. The Hall–Kier alpha value is -1.45. The number of unbranched alkanes of at least 4 members (excludes halogenated alkanes) is 2. The van der Waals surface area contributed by atoms with Crippen molar-refractivity contribution in [2.45, 2.75) is 161 Å². The van der Waals surface area contributed by atoms with Crippen molar-refractivity contribution in [3.63, 3.8) is 0 Å². The molecule has 0 aliphatic heterocycles. The van der Waals surface area contributed by atoms with E-state index in [0.717, 1.165) is 81.0 Å². The van der Waals surface area contributed by atoms with E-state index in [2.05, 4.69) is 13.8 Å². The van der Waals surface area contributed by atoms with Crippen LogP contribution in [0.2, 0.25) is 0 Å². The van der Waals surface area contributed by atoms with E-state index >= 15 is 8.78 Å². The Kier molecular flexibility index (Phi) is 12.4. The Morgan fingerprint density at radius 2 is 1.14 bits per heavy atom. The summed E-state index contributed by atoms with van der Waals surface area (Å²) in [5.41, 5.74) is 0.475. The van der Waals surface area contributed by atoms with Gasteiger partial charge in [0.1, 0.15) is 0 Å². The molecule has 0 atom stereocenters. The summed E-state index contributed by atoms with van der Waals surface area (Å²) >= 11 is 0. The highest BCUT2D eigenvalue weighted by Crippen LogP contribution is 2.46. The second-order valence-corrected chi connectivity index (χ2v) is 15.3. The third-order valence-corrected chi connectivity index (χ3v) is 12.6. The lowest BCUT2D eigenvalue weighted by Crippen LogP contribution is -2.30. The third kappa shape index (κ3) is 8.63. The number of ether oxygens (including phenoxy) is 1. The monoisotopic (exact) mass is 598 g/mol. The summed E-state index contributed by atoms with van der Waals surface area (Å²) in [5, 5.41) is 0. The topological polar surface area (TPSA) is 26.3 Å². The van der Waals surface area contributed by atoms with Crippen molar-refractivity contribution in [3.8, 4) is 5.75 Å². The van der Waals surface area contributed by atoms with Gasteiger partial charge < -0.3 is 4.74 Å². The number of rotatable bonds is 11. The average molecular weight is 599 g/mol. The van der Waals surface area contributed by atoms with Crippen molar-refractivity contribution < 1.29 is 18.3 Å². The van der Waals surface area contributed by atoms with Crippen molar-refractivity contribution in [2.75, 3.05) is 0 Å². The zero-order chi connectivity index (χ0) is 30.2. The first-order valence-corrected chi connectivity index (χ1v) is 18.7. The number of hydrogen-bond donors (Lipinski definition) is 0. The molecule has 0 bridgehead atoms. The fourth-order valence-corrected chi connectivity index (χ4v) is 9.85. The van der Waals surface area contributed by atoms with Crippen LogP contribution in [0.4, 0.5) is 8.78 Å². The Balaban J connectivity index is 1.05. The van der Waals surface area contributed by atoms with Crippen LogP contribution in [0.5, 0.6) is 5.75 Å². The molecule has 0 aromatic heterocycles. The summed E-state index contributed by atoms with van der Waals surface area (Å²) in [6, 6.07) is 3.20. The van der Waals surface area contributed by atoms with Crippen LogP contribution in [0, 0.1) is 53.1 Å². The molecule has 0 N–H and O–H groups in total. The molecule has 4 aliphatic rings. The van der Waals surface area contributed by atoms with Crippen LogP contribution in [0.15, 0.2) is 12.1 Å². The molecule has 43 heavy (non-hydrogen) atoms. The fourth-order valence-electron chi connectivity index (χ4n) is 9.85. The van der Waals surface area contributed by atoms with Gasteiger partial charge >= 0.3 is 5.97 Å². The number of benzene rings is 1. The van der Waals surface area contributed by atoms with Crippen molar-refractivity contribution in [1.82, 2.24) is 0 Å². The molecule has 0 radical (unpaired) electrons. The maximum atomic E-state index is 15.3. The molecule has 2 nitrogen and oxygen atoms in total. The van der Waals surface area contributed by atoms with Gasteiger partial charge in [-0.1, -0.05) is 84.1 Å². The van der Waals surface area contributed by atoms with Gasteiger partial charge in [0.05, 0.1) is 5.92 Å². The van der Waals surface area contributed by atoms with E-state index in [9.17, 15) is 4.79 Å². The van der Waals surface area contributed by atoms with Crippen molar-refractivity contribution in [2.24, 2.45) is 41.4 Å². The van der Waals surface area contributed by atoms with E-state index in [0.29, 0.717) is 11.5 Å². The Morgan fingerprint density at radius 3 is 1.67 bits per heavy atom. The molecule has 4 aliphatic carbocycles. The van der Waals surface area contributed by atoms with Crippen LogP contribution in [0.1, 0.15) is 167 Å². The molecule has 1 aromatic carbocycles. The minimum absolute atomic E-state index is 0.0635. The molecule has 4 saturated carbocycles. The SMILES string of the molecule is CCCCCC1CCC(C2CCC(C(=O)Oc3ccc(C4CCC(C5CCC(CCC)CC5)CC4)c(F)c3F)CC2)CC1. The zero-order valence-corrected chi connectivity index (χ0v) is 27.4. The number of carbonyl (C=O) groups excluding carboxylic acids is 1. The van der Waals surface area contributed by atoms with E-state index in [-0.39, 0.29) is 23.6 Å². The lowest BCUT2D eigenvalue weighted by molar-refractivity contribution is -0.140. The Morgan fingerprint density at radius 1 is 0.628 bits per heavy atom. The van der Waals surface area contributed by atoms with Crippen LogP contribution in [0.3, 0.4) is 0 Å². The van der Waals surface area contributed by atoms with Crippen molar-refractivity contribution >= 4 is 5.97 Å². The minimum atomic E-state index is -0.980. The fraction of sp³-hybridized carbons (Fsp3) is 0.821. The summed E-state index contributed by atoms with van der Waals surface area (Å²) < 4.78 is 36.0. The van der Waals surface area contributed by atoms with E-state index in [1.54, 1.807) is 6.07 Å². The first-order valence-electron chi connectivity index (χ1n) is 18.7. The molecular formula is C39H60F2O2. The molecular weight excluding hydrogens is 538 g/mol. The van der Waals surface area contributed by atoms with Gasteiger partial charge in [-0.15, -0.1) is 0 Å². The Bertz CT molecular complexity index is 991. The summed E-state index contributed by atoms with van der Waals surface area (Å²) in [6.45, 7) is 4.57. The predicted octanol–water partition coefficient (Wildman–Crippen LogP) is 11.9. The molecule has 0 spiro atoms. The van der Waals surface area contributed by atoms with E-state index in [1.807, 2.05) is 0 Å². The lowest BCUT2D eigenvalue weighted by Gasteiger charge is -2.38. The van der Waals surface area contributed by atoms with Gasteiger partial charge in [0.15, 0.2) is 11.6 Å². The van der Waals surface area contributed by atoms with E-state index < -0.39 is 11.6 Å². The van der Waals surface area contributed by atoms with Gasteiger partial charge in [-0.05, 0) is 130 Å². The molecule has 5 rings (SSSR count). The van der Waals surface area contributed by atoms with Crippen LogP contribution in [0.25, 0.3) is 0 Å². The normalized spacial score (nSPS) is 33.7. The second-order valence-electron chi connectivity index (χ2n) is 15.3. The molecule has 0 unspecified atom stereocenters. The Labute approximate surface area is 261 Å². The van der Waals surface area contributed by atoms with Gasteiger partial charge in [0.25, 0.3) is 0 Å². The van der Waals surface area contributed by atoms with E-state index in [4.69, 9.17) is 4.74 Å². The van der Waals surface area contributed by atoms with Gasteiger partial charge in [-0.3, -0.25) is 4.79 Å². The highest BCUT2D eigenvalue weighted by molar-refractivity contribution is 5.75. The van der Waals surface area contributed by atoms with Crippen molar-refractivity contribution in [1.29, 1.82) is 0 Å². The van der Waals surface area contributed by atoms with Crippen LogP contribution < -0.4 is 4.74 Å². The molecule has 0 saturated heterocycles. The van der Waals surface area contributed by atoms with Crippen molar-refractivity contribution in [3.05, 3.63) is 29.3 Å². The molecule has 0 amide bonds. The second kappa shape index (κ2) is 16.2. The van der Waals surface area contributed by atoms with Gasteiger partial charge in [0, 0.05) is 0 Å². The number of esters is 1. The van der Waals surface area contributed by atoms with E-state index in [1.165, 1.54) is 96.0 Å². The zero-order valence-electron chi connectivity index (χ0n) is 27.4. The third-order valence-electron chi connectivity index (χ3n) is 12.6. The molecule has 0 heterocycles. The van der Waals surface area contributed by atoms with Crippen LogP contribution in [-0.2, 0) is 4.79 Å². The first kappa shape index (κ1) is 32.9. The summed E-state index contributed by atoms with van der Waals surface area (Å²) in [5.74, 6) is 2.40. The minimum Gasteiger partial charge on any atom is -0.423 e. The van der Waals surface area contributed by atoms with Gasteiger partial charge in [0.2, 0.25) is 5.82 Å². The summed E-state index contributed by atoms with van der Waals surface area (Å²) in [4.78, 5) is 13.0. The van der Waals surface area contributed by atoms with Gasteiger partial charge in [-0.2, -0.15) is 4.39 Å². The highest BCUT2D eigenvalue weighted by Gasteiger charge is 2.35. The molecule has 242 valence electrons. The summed E-state index contributed by atoms with van der Waals surface area (Å²) in [7, 11) is 0. The maximum Gasteiger partial charge on any atom is 0.314 e. The number of halogens is 2. The molecule has 4 heteroatoms. The standard InChI is InChI=1S/C39H60F2O2/c1-3-5-6-8-28-11-15-30(16-12-28)32-19-23-34(24-20-32)39(42)43-36-26-25-35(37(40)38(36)41)33-21-17-31(18-22-33)29-13-9-27(7-4-2)10-14-29/h25-34H,3-24H2,1-2H3. The van der Waals surface area contributed by atoms with Gasteiger partial charge in [-0.25, -0.2) is 4.39 Å². The maximum absolute atomic E-state index is 15.3. The first-order chi connectivity index (χ1) is 21.0. The number of carbonyl (C=O) groups is 1. The quantitative estimate of drug-likeness (QED) is 0.144. The average Bonchev–Trinajstić information content (AvgIpc) is 3.04. The van der Waals surface area contributed by atoms with Crippen LogP contribution in [-0.4, -0.2) is 5.97 Å². The smallest absolute Gasteiger partial charge is 0.314 e. The summed E-state index contributed by atoms with van der Waals surface area (Å²) in [6.07, 6.45) is 26.8. The highest BCUT2D eigenvalue weighted by atomic mass is 19.2. The van der Waals surface area contributed by atoms with Crippen LogP contribution >= 0.6 is 0 Å². The largest absolute Gasteiger partial charge is 0.423 e. The molecule has 1 aromatic rings.